The number of aliphatic hydroxyl groups excluding tert-OH is 1. The summed E-state index contributed by atoms with van der Waals surface area (Å²) in [6.45, 7) is 2.02. The summed E-state index contributed by atoms with van der Waals surface area (Å²) < 4.78 is 16.3. The van der Waals surface area contributed by atoms with Gasteiger partial charge in [-0.05, 0) is 30.2 Å². The van der Waals surface area contributed by atoms with Crippen LogP contribution in [0.4, 0.5) is 4.39 Å². The van der Waals surface area contributed by atoms with E-state index in [1.54, 1.807) is 28.9 Å². The van der Waals surface area contributed by atoms with Crippen LogP contribution in [0.25, 0.3) is 27.8 Å². The third-order valence-electron chi connectivity index (χ3n) is 4.33. The maximum atomic E-state index is 13.3. The summed E-state index contributed by atoms with van der Waals surface area (Å²) >= 11 is 0. The van der Waals surface area contributed by atoms with Crippen LogP contribution in [0.1, 0.15) is 12.6 Å². The van der Waals surface area contributed by atoms with Gasteiger partial charge in [0.05, 0.1) is 17.9 Å². The van der Waals surface area contributed by atoms with Gasteiger partial charge in [0.25, 0.3) is 5.56 Å². The first kappa shape index (κ1) is 16.3. The summed E-state index contributed by atoms with van der Waals surface area (Å²) in [6.07, 6.45) is 2.26. The zero-order valence-corrected chi connectivity index (χ0v) is 14.1. The second-order valence-corrected chi connectivity index (χ2v) is 5.89. The topological polar surface area (TPSA) is 85.3 Å². The number of fused-ring (bicyclic) bond motifs is 3. The van der Waals surface area contributed by atoms with E-state index in [0.29, 0.717) is 17.6 Å². The highest BCUT2D eigenvalue weighted by Gasteiger charge is 2.18. The van der Waals surface area contributed by atoms with E-state index in [9.17, 15) is 9.18 Å². The second kappa shape index (κ2) is 6.30. The number of rotatable bonds is 4. The average molecular weight is 353 g/mol. The summed E-state index contributed by atoms with van der Waals surface area (Å²) in [5.74, 6) is -0.316. The first-order valence-corrected chi connectivity index (χ1v) is 8.28. The smallest absolute Gasteiger partial charge is 0.280 e. The van der Waals surface area contributed by atoms with Crippen LogP contribution < -0.4 is 5.56 Å². The zero-order chi connectivity index (χ0) is 18.3. The Morgan fingerprint density at radius 2 is 1.92 bits per heavy atom. The molecule has 0 aliphatic rings. The van der Waals surface area contributed by atoms with Gasteiger partial charge in [0.2, 0.25) is 0 Å². The molecule has 3 aromatic heterocycles. The lowest BCUT2D eigenvalue weighted by atomic mass is 10.0. The third kappa shape index (κ3) is 2.46. The molecule has 0 spiro atoms. The van der Waals surface area contributed by atoms with Crippen LogP contribution in [0.15, 0.2) is 41.3 Å². The van der Waals surface area contributed by atoms with Crippen LogP contribution >= 0.6 is 0 Å². The lowest BCUT2D eigenvalue weighted by Crippen LogP contribution is -2.23. The number of halogens is 1. The molecule has 0 amide bonds. The first-order chi connectivity index (χ1) is 12.6. The molecule has 4 aromatic rings. The second-order valence-electron chi connectivity index (χ2n) is 5.89. The van der Waals surface area contributed by atoms with Crippen molar-refractivity contribution in [3.8, 4) is 11.1 Å². The maximum absolute atomic E-state index is 13.3. The van der Waals surface area contributed by atoms with Gasteiger partial charge < -0.3 is 9.67 Å². The van der Waals surface area contributed by atoms with E-state index in [1.807, 2.05) is 6.92 Å². The molecule has 0 radical (unpaired) electrons. The Bertz CT molecular complexity index is 1160. The van der Waals surface area contributed by atoms with Crippen LogP contribution in [0, 0.1) is 5.82 Å². The van der Waals surface area contributed by atoms with E-state index < -0.39 is 0 Å². The Balaban J connectivity index is 2.03. The van der Waals surface area contributed by atoms with Crippen molar-refractivity contribution in [2.24, 2.45) is 0 Å². The Morgan fingerprint density at radius 1 is 1.15 bits per heavy atom. The molecule has 0 saturated carbocycles. The fraction of sp³-hybridized carbons (Fsp3) is 0.222. The molecule has 3 heterocycles. The van der Waals surface area contributed by atoms with Crippen molar-refractivity contribution >= 4 is 16.7 Å². The molecule has 0 saturated heterocycles. The van der Waals surface area contributed by atoms with E-state index in [2.05, 4.69) is 15.3 Å². The van der Waals surface area contributed by atoms with Crippen molar-refractivity contribution in [2.45, 2.75) is 19.9 Å². The van der Waals surface area contributed by atoms with Crippen molar-refractivity contribution in [1.82, 2.24) is 24.4 Å². The molecule has 26 heavy (non-hydrogen) atoms. The van der Waals surface area contributed by atoms with Crippen molar-refractivity contribution in [3.05, 3.63) is 58.4 Å². The van der Waals surface area contributed by atoms with E-state index in [-0.39, 0.29) is 30.0 Å². The average Bonchev–Trinajstić information content (AvgIpc) is 3.04. The van der Waals surface area contributed by atoms with Gasteiger partial charge in [-0.1, -0.05) is 19.1 Å². The predicted molar refractivity (Wildman–Crippen MR) is 94.4 cm³/mol. The SMILES string of the molecule is CCc1nn2c(nnc3c(=O)n(CCO)ccc32)c1-c1ccc(F)cc1. The van der Waals surface area contributed by atoms with Crippen molar-refractivity contribution in [3.63, 3.8) is 0 Å². The van der Waals surface area contributed by atoms with Crippen LogP contribution in [-0.4, -0.2) is 36.1 Å². The molecule has 0 unspecified atom stereocenters. The summed E-state index contributed by atoms with van der Waals surface area (Å²) in [6, 6.07) is 7.86. The molecule has 0 bridgehead atoms. The van der Waals surface area contributed by atoms with Crippen molar-refractivity contribution < 1.29 is 9.50 Å². The number of nitrogens with zero attached hydrogens (tertiary/aromatic N) is 5. The molecule has 1 N–H and O–H groups in total. The molecule has 8 heteroatoms. The number of hydrogen-bond donors (Lipinski definition) is 1. The molecular weight excluding hydrogens is 337 g/mol. The molecule has 4 rings (SSSR count). The molecule has 0 atom stereocenters. The van der Waals surface area contributed by atoms with E-state index in [1.165, 1.54) is 16.7 Å². The Morgan fingerprint density at radius 3 is 2.62 bits per heavy atom. The van der Waals surface area contributed by atoms with E-state index in [4.69, 9.17) is 5.11 Å². The van der Waals surface area contributed by atoms with Gasteiger partial charge in [0, 0.05) is 12.7 Å². The summed E-state index contributed by atoms with van der Waals surface area (Å²) in [5.41, 5.74) is 3.27. The van der Waals surface area contributed by atoms with Crippen LogP contribution in [-0.2, 0) is 13.0 Å². The van der Waals surface area contributed by atoms with Gasteiger partial charge in [0.1, 0.15) is 11.3 Å². The van der Waals surface area contributed by atoms with E-state index in [0.717, 1.165) is 16.8 Å². The van der Waals surface area contributed by atoms with Crippen LogP contribution in [0.5, 0.6) is 0 Å². The largest absolute Gasteiger partial charge is 0.395 e. The van der Waals surface area contributed by atoms with Gasteiger partial charge in [-0.3, -0.25) is 4.79 Å². The Kier molecular flexibility index (Phi) is 3.96. The Labute approximate surface area is 147 Å². The lowest BCUT2D eigenvalue weighted by Gasteiger charge is -2.05. The quantitative estimate of drug-likeness (QED) is 0.605. The van der Waals surface area contributed by atoms with E-state index >= 15 is 0 Å². The fourth-order valence-electron chi connectivity index (χ4n) is 3.07. The number of pyridine rings is 1. The molecule has 0 aliphatic carbocycles. The first-order valence-electron chi connectivity index (χ1n) is 8.28. The summed E-state index contributed by atoms with van der Waals surface area (Å²) in [7, 11) is 0. The minimum absolute atomic E-state index is 0.141. The molecule has 132 valence electrons. The molecule has 0 fully saturated rings. The minimum atomic E-state index is -0.331. The number of benzene rings is 1. The van der Waals surface area contributed by atoms with Crippen molar-refractivity contribution in [1.29, 1.82) is 0 Å². The Hall–Kier alpha value is -3.13. The number of hydrogen-bond acceptors (Lipinski definition) is 5. The molecular formula is C18H16FN5O2. The fourth-order valence-corrected chi connectivity index (χ4v) is 3.07. The predicted octanol–water partition coefficient (Wildman–Crippen LogP) is 1.80. The van der Waals surface area contributed by atoms with Gasteiger partial charge in [-0.25, -0.2) is 8.91 Å². The van der Waals surface area contributed by atoms with Gasteiger partial charge in [-0.2, -0.15) is 5.10 Å². The third-order valence-corrected chi connectivity index (χ3v) is 4.33. The monoisotopic (exact) mass is 353 g/mol. The highest BCUT2D eigenvalue weighted by atomic mass is 19.1. The van der Waals surface area contributed by atoms with Crippen LogP contribution in [0.3, 0.4) is 0 Å². The zero-order valence-electron chi connectivity index (χ0n) is 14.1. The lowest BCUT2D eigenvalue weighted by molar-refractivity contribution is 0.274. The minimum Gasteiger partial charge on any atom is -0.395 e. The van der Waals surface area contributed by atoms with Gasteiger partial charge in [-0.15, -0.1) is 10.2 Å². The maximum Gasteiger partial charge on any atom is 0.280 e. The highest BCUT2D eigenvalue weighted by molar-refractivity contribution is 5.84. The normalized spacial score (nSPS) is 11.5. The summed E-state index contributed by atoms with van der Waals surface area (Å²) in [4.78, 5) is 12.5. The number of aryl methyl sites for hydroxylation is 1. The van der Waals surface area contributed by atoms with Crippen LogP contribution in [0.2, 0.25) is 0 Å². The molecule has 7 nitrogen and oxygen atoms in total. The van der Waals surface area contributed by atoms with Gasteiger partial charge >= 0.3 is 0 Å². The highest BCUT2D eigenvalue weighted by Crippen LogP contribution is 2.29. The van der Waals surface area contributed by atoms with Gasteiger partial charge in [0.15, 0.2) is 11.2 Å². The van der Waals surface area contributed by atoms with Crippen molar-refractivity contribution in [2.75, 3.05) is 6.61 Å². The molecule has 1 aromatic carbocycles. The molecule has 0 aliphatic heterocycles. The standard InChI is InChI=1S/C18H16FN5O2/c1-2-13-15(11-3-5-12(19)6-4-11)17-21-20-16-14(24(17)22-13)7-8-23(9-10-25)18(16)26/h3-8,25H,2,9-10H2,1H3. The number of aliphatic hydroxyl groups is 1. The summed E-state index contributed by atoms with van der Waals surface area (Å²) in [5, 5.41) is 22.0. The number of aromatic nitrogens is 5.